The average molecular weight is 510 g/mol. The van der Waals surface area contributed by atoms with E-state index in [9.17, 15) is 13.6 Å². The molecule has 2 fully saturated rings. The SMILES string of the molecule is O=C(c1ccco1)N1CCN(c2cc(N3CCOCC3)nc(-n3c(C(F)F)nc4ccccc43)n2)CC1. The molecule has 0 spiro atoms. The van der Waals surface area contributed by atoms with E-state index in [1.807, 2.05) is 11.0 Å². The number of rotatable bonds is 5. The van der Waals surface area contributed by atoms with Crippen LogP contribution >= 0.6 is 0 Å². The normalized spacial score (nSPS) is 16.7. The van der Waals surface area contributed by atoms with Gasteiger partial charge in [0.15, 0.2) is 11.6 Å². The Bertz CT molecular complexity index is 1390. The molecule has 1 aromatic carbocycles. The summed E-state index contributed by atoms with van der Waals surface area (Å²) in [5.41, 5.74) is 0.960. The lowest BCUT2D eigenvalue weighted by molar-refractivity contribution is 0.0714. The van der Waals surface area contributed by atoms with Crippen molar-refractivity contribution >= 4 is 28.6 Å². The van der Waals surface area contributed by atoms with Crippen molar-refractivity contribution in [3.8, 4) is 5.95 Å². The molecule has 6 rings (SSSR count). The van der Waals surface area contributed by atoms with Crippen molar-refractivity contribution in [1.29, 1.82) is 0 Å². The van der Waals surface area contributed by atoms with E-state index in [1.54, 1.807) is 41.3 Å². The molecule has 0 radical (unpaired) electrons. The van der Waals surface area contributed by atoms with Crippen LogP contribution in [0.1, 0.15) is 22.8 Å². The number of carbonyl (C=O) groups is 1. The minimum Gasteiger partial charge on any atom is -0.459 e. The van der Waals surface area contributed by atoms with Gasteiger partial charge in [0.05, 0.1) is 30.5 Å². The standard InChI is InChI=1S/C25H25F2N7O3/c26-22(27)23-28-17-4-1-2-5-18(17)34(23)25-29-20(16-21(30-25)32-11-14-36-15-12-32)31-7-9-33(10-8-31)24(35)19-6-3-13-37-19/h1-6,13,16,22H,7-12,14-15H2. The molecular formula is C25H25F2N7O3. The van der Waals surface area contributed by atoms with Crippen LogP contribution in [0.25, 0.3) is 17.0 Å². The van der Waals surface area contributed by atoms with E-state index >= 15 is 0 Å². The van der Waals surface area contributed by atoms with Crippen LogP contribution in [0.3, 0.4) is 0 Å². The number of hydrogen-bond donors (Lipinski definition) is 0. The first-order valence-electron chi connectivity index (χ1n) is 12.1. The number of halogens is 2. The molecule has 0 saturated carbocycles. The van der Waals surface area contributed by atoms with Crippen LogP contribution in [0.2, 0.25) is 0 Å². The molecule has 2 saturated heterocycles. The molecule has 12 heteroatoms. The first-order chi connectivity index (χ1) is 18.1. The summed E-state index contributed by atoms with van der Waals surface area (Å²) < 4.78 is 40.2. The van der Waals surface area contributed by atoms with Gasteiger partial charge in [0.2, 0.25) is 5.95 Å². The molecule has 0 unspecified atom stereocenters. The summed E-state index contributed by atoms with van der Waals surface area (Å²) in [7, 11) is 0. The van der Waals surface area contributed by atoms with Crippen LogP contribution in [0, 0.1) is 0 Å². The first kappa shape index (κ1) is 23.3. The lowest BCUT2D eigenvalue weighted by atomic mass is 10.2. The van der Waals surface area contributed by atoms with Gasteiger partial charge in [-0.3, -0.25) is 9.36 Å². The number of para-hydroxylation sites is 2. The summed E-state index contributed by atoms with van der Waals surface area (Å²) in [5, 5.41) is 0. The van der Waals surface area contributed by atoms with Gasteiger partial charge in [-0.25, -0.2) is 13.8 Å². The number of ether oxygens (including phenoxy) is 1. The van der Waals surface area contributed by atoms with Crippen LogP contribution in [-0.2, 0) is 4.74 Å². The van der Waals surface area contributed by atoms with E-state index in [4.69, 9.17) is 19.1 Å². The van der Waals surface area contributed by atoms with Crippen LogP contribution in [0.5, 0.6) is 0 Å². The Morgan fingerprint density at radius 3 is 2.24 bits per heavy atom. The average Bonchev–Trinajstić information content (AvgIpc) is 3.62. The molecule has 2 aliphatic heterocycles. The maximum Gasteiger partial charge on any atom is 0.296 e. The van der Waals surface area contributed by atoms with Crippen molar-refractivity contribution in [2.24, 2.45) is 0 Å². The Hall–Kier alpha value is -4.06. The van der Waals surface area contributed by atoms with Gasteiger partial charge in [-0.05, 0) is 24.3 Å². The molecule has 0 N–H and O–H groups in total. The number of imidazole rings is 1. The molecule has 10 nitrogen and oxygen atoms in total. The number of morpholine rings is 1. The largest absolute Gasteiger partial charge is 0.459 e. The summed E-state index contributed by atoms with van der Waals surface area (Å²) in [6.45, 7) is 4.37. The number of piperazine rings is 1. The van der Waals surface area contributed by atoms with Crippen LogP contribution in [0.4, 0.5) is 20.4 Å². The summed E-state index contributed by atoms with van der Waals surface area (Å²) in [6, 6.07) is 12.2. The van der Waals surface area contributed by atoms with Crippen molar-refractivity contribution in [3.05, 3.63) is 60.3 Å². The molecular weight excluding hydrogens is 484 g/mol. The topological polar surface area (TPSA) is 92.8 Å². The number of aromatic nitrogens is 4. The second kappa shape index (κ2) is 9.77. The Kier molecular flexibility index (Phi) is 6.16. The van der Waals surface area contributed by atoms with E-state index < -0.39 is 12.2 Å². The highest BCUT2D eigenvalue weighted by molar-refractivity contribution is 5.91. The molecule has 3 aromatic heterocycles. The van der Waals surface area contributed by atoms with Gasteiger partial charge in [0.1, 0.15) is 11.6 Å². The zero-order valence-electron chi connectivity index (χ0n) is 20.0. The molecule has 5 heterocycles. The smallest absolute Gasteiger partial charge is 0.296 e. The van der Waals surface area contributed by atoms with E-state index in [1.165, 1.54) is 10.8 Å². The summed E-state index contributed by atoms with van der Waals surface area (Å²) in [6.07, 6.45) is -1.32. The highest BCUT2D eigenvalue weighted by Crippen LogP contribution is 2.29. The number of fused-ring (bicyclic) bond motifs is 1. The van der Waals surface area contributed by atoms with Crippen LogP contribution < -0.4 is 9.80 Å². The fourth-order valence-corrected chi connectivity index (χ4v) is 4.72. The maximum absolute atomic E-state index is 14.1. The highest BCUT2D eigenvalue weighted by Gasteiger charge is 2.27. The number of furan rings is 1. The van der Waals surface area contributed by atoms with Gasteiger partial charge in [-0.15, -0.1) is 0 Å². The zero-order chi connectivity index (χ0) is 25.4. The molecule has 4 aromatic rings. The molecule has 2 aliphatic rings. The lowest BCUT2D eigenvalue weighted by Gasteiger charge is -2.36. The van der Waals surface area contributed by atoms with E-state index in [2.05, 4.69) is 9.88 Å². The highest BCUT2D eigenvalue weighted by atomic mass is 19.3. The van der Waals surface area contributed by atoms with Crippen molar-refractivity contribution in [1.82, 2.24) is 24.4 Å². The number of anilines is 2. The number of amides is 1. The molecule has 1 amide bonds. The first-order valence-corrected chi connectivity index (χ1v) is 12.1. The fraction of sp³-hybridized carbons (Fsp3) is 0.360. The molecule has 37 heavy (non-hydrogen) atoms. The third-order valence-electron chi connectivity index (χ3n) is 6.63. The second-order valence-corrected chi connectivity index (χ2v) is 8.84. The third-order valence-corrected chi connectivity index (χ3v) is 6.63. The van der Waals surface area contributed by atoms with E-state index in [0.717, 1.165) is 0 Å². The third kappa shape index (κ3) is 4.48. The Morgan fingerprint density at radius 2 is 1.57 bits per heavy atom. The van der Waals surface area contributed by atoms with Gasteiger partial charge in [-0.1, -0.05) is 12.1 Å². The zero-order valence-corrected chi connectivity index (χ0v) is 20.0. The number of carbonyl (C=O) groups excluding carboxylic acids is 1. The Balaban J connectivity index is 1.37. The predicted molar refractivity (Wildman–Crippen MR) is 131 cm³/mol. The van der Waals surface area contributed by atoms with Gasteiger partial charge >= 0.3 is 0 Å². The second-order valence-electron chi connectivity index (χ2n) is 8.84. The van der Waals surface area contributed by atoms with Gasteiger partial charge in [0, 0.05) is 45.3 Å². The number of hydrogen-bond acceptors (Lipinski definition) is 8. The molecule has 0 bridgehead atoms. The van der Waals surface area contributed by atoms with Crippen molar-refractivity contribution in [2.45, 2.75) is 6.43 Å². The summed E-state index contributed by atoms with van der Waals surface area (Å²) in [4.78, 5) is 32.1. The van der Waals surface area contributed by atoms with Crippen molar-refractivity contribution < 1.29 is 22.7 Å². The summed E-state index contributed by atoms with van der Waals surface area (Å²) in [5.74, 6) is 1.12. The van der Waals surface area contributed by atoms with E-state index in [0.29, 0.717) is 80.9 Å². The monoisotopic (exact) mass is 509 g/mol. The number of nitrogens with zero attached hydrogens (tertiary/aromatic N) is 7. The van der Waals surface area contributed by atoms with Gasteiger partial charge in [0.25, 0.3) is 12.3 Å². The Labute approximate surface area is 211 Å². The van der Waals surface area contributed by atoms with Gasteiger partial charge in [-0.2, -0.15) is 9.97 Å². The quantitative estimate of drug-likeness (QED) is 0.405. The molecule has 192 valence electrons. The van der Waals surface area contributed by atoms with Crippen molar-refractivity contribution in [2.75, 3.05) is 62.3 Å². The molecule has 0 atom stereocenters. The summed E-state index contributed by atoms with van der Waals surface area (Å²) >= 11 is 0. The van der Waals surface area contributed by atoms with Gasteiger partial charge < -0.3 is 23.9 Å². The number of benzene rings is 1. The number of alkyl halides is 2. The van der Waals surface area contributed by atoms with Crippen LogP contribution in [-0.4, -0.2) is 82.8 Å². The fourth-order valence-electron chi connectivity index (χ4n) is 4.72. The van der Waals surface area contributed by atoms with Crippen LogP contribution in [0.15, 0.2) is 53.1 Å². The van der Waals surface area contributed by atoms with E-state index in [-0.39, 0.29) is 11.9 Å². The lowest BCUT2D eigenvalue weighted by Crippen LogP contribution is -2.49. The Morgan fingerprint density at radius 1 is 0.865 bits per heavy atom. The maximum atomic E-state index is 14.1. The predicted octanol–water partition coefficient (Wildman–Crippen LogP) is 3.15. The van der Waals surface area contributed by atoms with Crippen molar-refractivity contribution in [3.63, 3.8) is 0 Å². The molecule has 0 aliphatic carbocycles. The minimum atomic E-state index is -2.80. The minimum absolute atomic E-state index is 0.136.